The first-order chi connectivity index (χ1) is 10.8. The number of nitrogens with zero attached hydrogens (tertiary/aromatic N) is 1. The molecule has 3 fully saturated rings. The summed E-state index contributed by atoms with van der Waals surface area (Å²) < 4.78 is 5.47. The summed E-state index contributed by atoms with van der Waals surface area (Å²) in [4.78, 5) is 19.9. The topological polar surface area (TPSA) is 38.8 Å². The molecule has 4 atom stereocenters. The van der Waals surface area contributed by atoms with Crippen LogP contribution in [-0.4, -0.2) is 41.6 Å². The van der Waals surface area contributed by atoms with Crippen molar-refractivity contribution in [3.05, 3.63) is 30.3 Å². The zero-order valence-electron chi connectivity index (χ0n) is 12.5. The maximum absolute atomic E-state index is 12.4. The molecule has 0 saturated carbocycles. The molecule has 0 N–H and O–H groups in total. The van der Waals surface area contributed by atoms with Crippen molar-refractivity contribution < 1.29 is 14.4 Å². The Morgan fingerprint density at radius 3 is 2.86 bits per heavy atom. The van der Waals surface area contributed by atoms with E-state index in [2.05, 4.69) is 29.3 Å². The zero-order chi connectivity index (χ0) is 14.9. The fraction of sp³-hybridized carbons (Fsp3) is 0.588. The molecule has 4 nitrogen and oxygen atoms in total. The molecule has 3 aliphatic rings. The number of benzene rings is 1. The third-order valence-electron chi connectivity index (χ3n) is 4.84. The van der Waals surface area contributed by atoms with Gasteiger partial charge in [-0.3, -0.25) is 9.63 Å². The standard InChI is InChI=1S/C17H21NO3S/c19-17-15-13-8-4-5-10-18(13)21-16(15)14(9-11-20-17)22-12-6-2-1-3-7-12/h1-3,6-7,13-16H,4-5,8-11H2/t13-,14+,15-,16-/m0/s1. The molecule has 0 bridgehead atoms. The Morgan fingerprint density at radius 2 is 2.00 bits per heavy atom. The van der Waals surface area contributed by atoms with Gasteiger partial charge in [0, 0.05) is 16.7 Å². The highest BCUT2D eigenvalue weighted by Crippen LogP contribution is 2.43. The fourth-order valence-electron chi connectivity index (χ4n) is 3.79. The van der Waals surface area contributed by atoms with Gasteiger partial charge in [-0.2, -0.15) is 5.06 Å². The van der Waals surface area contributed by atoms with Crippen LogP contribution in [-0.2, 0) is 14.4 Å². The van der Waals surface area contributed by atoms with E-state index in [4.69, 9.17) is 9.57 Å². The van der Waals surface area contributed by atoms with Crippen LogP contribution in [0.5, 0.6) is 0 Å². The van der Waals surface area contributed by atoms with Crippen LogP contribution in [0.4, 0.5) is 0 Å². The normalized spacial score (nSPS) is 35.4. The van der Waals surface area contributed by atoms with Gasteiger partial charge in [-0.25, -0.2) is 0 Å². The molecular weight excluding hydrogens is 298 g/mol. The van der Waals surface area contributed by atoms with Crippen molar-refractivity contribution in [3.8, 4) is 0 Å². The molecule has 3 saturated heterocycles. The van der Waals surface area contributed by atoms with Gasteiger partial charge in [0.25, 0.3) is 0 Å². The molecule has 5 heteroatoms. The van der Waals surface area contributed by atoms with E-state index >= 15 is 0 Å². The second-order valence-corrected chi connectivity index (χ2v) is 7.54. The Hall–Kier alpha value is -1.04. The number of esters is 1. The summed E-state index contributed by atoms with van der Waals surface area (Å²) in [6.45, 7) is 1.44. The number of cyclic esters (lactones) is 1. The lowest BCUT2D eigenvalue weighted by molar-refractivity contribution is -0.171. The molecule has 0 aromatic heterocycles. The van der Waals surface area contributed by atoms with Crippen molar-refractivity contribution in [2.75, 3.05) is 13.2 Å². The number of hydroxylamine groups is 2. The van der Waals surface area contributed by atoms with E-state index in [1.54, 1.807) is 0 Å². The molecule has 3 aliphatic heterocycles. The molecule has 0 amide bonds. The molecule has 0 spiro atoms. The van der Waals surface area contributed by atoms with E-state index in [-0.39, 0.29) is 29.3 Å². The number of hydrogen-bond acceptors (Lipinski definition) is 5. The number of rotatable bonds is 2. The second-order valence-electron chi connectivity index (χ2n) is 6.23. The monoisotopic (exact) mass is 319 g/mol. The summed E-state index contributed by atoms with van der Waals surface area (Å²) in [6, 6.07) is 10.6. The van der Waals surface area contributed by atoms with Crippen molar-refractivity contribution >= 4 is 17.7 Å². The van der Waals surface area contributed by atoms with Gasteiger partial charge < -0.3 is 4.74 Å². The summed E-state index contributed by atoms with van der Waals surface area (Å²) in [5.74, 6) is -0.181. The third-order valence-corrected chi connectivity index (χ3v) is 6.19. The molecule has 1 aromatic carbocycles. The first-order valence-electron chi connectivity index (χ1n) is 8.15. The number of thioether (sulfide) groups is 1. The Kier molecular flexibility index (Phi) is 4.11. The van der Waals surface area contributed by atoms with Crippen LogP contribution in [0.25, 0.3) is 0 Å². The SMILES string of the molecule is O=C1OCC[C@@H](Sc2ccccc2)[C@@H]2ON3CCCC[C@H]3[C@H]12. The Balaban J connectivity index is 1.58. The molecule has 1 aromatic rings. The van der Waals surface area contributed by atoms with Gasteiger partial charge in [0.1, 0.15) is 12.0 Å². The van der Waals surface area contributed by atoms with E-state index in [0.29, 0.717) is 6.61 Å². The van der Waals surface area contributed by atoms with E-state index in [9.17, 15) is 4.79 Å². The van der Waals surface area contributed by atoms with Gasteiger partial charge in [-0.05, 0) is 31.4 Å². The first kappa shape index (κ1) is 14.5. The number of fused-ring (bicyclic) bond motifs is 3. The molecule has 0 aliphatic carbocycles. The minimum absolute atomic E-state index is 0.0525. The van der Waals surface area contributed by atoms with Crippen molar-refractivity contribution in [2.24, 2.45) is 5.92 Å². The average Bonchev–Trinajstić information content (AvgIpc) is 2.87. The van der Waals surface area contributed by atoms with Crippen LogP contribution < -0.4 is 0 Å². The van der Waals surface area contributed by atoms with Crippen LogP contribution in [0.1, 0.15) is 25.7 Å². The summed E-state index contributed by atoms with van der Waals surface area (Å²) in [6.07, 6.45) is 4.17. The first-order valence-corrected chi connectivity index (χ1v) is 9.02. The van der Waals surface area contributed by atoms with Gasteiger partial charge in [-0.1, -0.05) is 24.6 Å². The Labute approximate surface area is 135 Å². The summed E-state index contributed by atoms with van der Waals surface area (Å²) >= 11 is 1.82. The van der Waals surface area contributed by atoms with Crippen LogP contribution in [0.2, 0.25) is 0 Å². The number of piperidine rings is 1. The molecule has 4 rings (SSSR count). The van der Waals surface area contributed by atoms with Gasteiger partial charge in [0.15, 0.2) is 0 Å². The summed E-state index contributed by atoms with van der Waals surface area (Å²) in [5, 5.41) is 2.33. The van der Waals surface area contributed by atoms with Crippen LogP contribution in [0.3, 0.4) is 0 Å². The van der Waals surface area contributed by atoms with Gasteiger partial charge in [-0.15, -0.1) is 11.8 Å². The third kappa shape index (κ3) is 2.66. The zero-order valence-corrected chi connectivity index (χ0v) is 13.3. The molecular formula is C17H21NO3S. The molecule has 0 unspecified atom stereocenters. The minimum Gasteiger partial charge on any atom is -0.465 e. The lowest BCUT2D eigenvalue weighted by Crippen LogP contribution is -2.40. The van der Waals surface area contributed by atoms with Gasteiger partial charge in [0.2, 0.25) is 0 Å². The molecule has 0 radical (unpaired) electrons. The lowest BCUT2D eigenvalue weighted by Gasteiger charge is -2.28. The quantitative estimate of drug-likeness (QED) is 0.784. The van der Waals surface area contributed by atoms with Crippen LogP contribution in [0.15, 0.2) is 35.2 Å². The Bertz CT molecular complexity index is 538. The van der Waals surface area contributed by atoms with E-state index < -0.39 is 0 Å². The average molecular weight is 319 g/mol. The number of ether oxygens (including phenoxy) is 1. The smallest absolute Gasteiger partial charge is 0.313 e. The van der Waals surface area contributed by atoms with Gasteiger partial charge in [0.05, 0.1) is 12.6 Å². The summed E-state index contributed by atoms with van der Waals surface area (Å²) in [5.41, 5.74) is 0. The lowest BCUT2D eigenvalue weighted by atomic mass is 9.88. The summed E-state index contributed by atoms with van der Waals surface area (Å²) in [7, 11) is 0. The van der Waals surface area contributed by atoms with Gasteiger partial charge >= 0.3 is 5.97 Å². The molecule has 22 heavy (non-hydrogen) atoms. The number of hydrogen-bond donors (Lipinski definition) is 0. The number of carbonyl (C=O) groups excluding carboxylic acids is 1. The molecule has 3 heterocycles. The maximum Gasteiger partial charge on any atom is 0.313 e. The van der Waals surface area contributed by atoms with Crippen LogP contribution >= 0.6 is 11.8 Å². The van der Waals surface area contributed by atoms with E-state index in [0.717, 1.165) is 25.8 Å². The van der Waals surface area contributed by atoms with E-state index in [1.807, 2.05) is 17.8 Å². The highest BCUT2D eigenvalue weighted by Gasteiger charge is 2.53. The highest BCUT2D eigenvalue weighted by molar-refractivity contribution is 8.00. The predicted octanol–water partition coefficient (Wildman–Crippen LogP) is 2.88. The predicted molar refractivity (Wildman–Crippen MR) is 84.4 cm³/mol. The fourth-order valence-corrected chi connectivity index (χ4v) is 5.02. The van der Waals surface area contributed by atoms with Crippen molar-refractivity contribution in [2.45, 2.75) is 48.0 Å². The second kappa shape index (κ2) is 6.22. The van der Waals surface area contributed by atoms with Crippen molar-refractivity contribution in [1.82, 2.24) is 5.06 Å². The van der Waals surface area contributed by atoms with E-state index in [1.165, 1.54) is 11.3 Å². The highest BCUT2D eigenvalue weighted by atomic mass is 32.2. The number of carbonyl (C=O) groups is 1. The Morgan fingerprint density at radius 1 is 1.14 bits per heavy atom. The maximum atomic E-state index is 12.4. The van der Waals surface area contributed by atoms with Crippen molar-refractivity contribution in [1.29, 1.82) is 0 Å². The minimum atomic E-state index is -0.121. The van der Waals surface area contributed by atoms with Crippen molar-refractivity contribution in [3.63, 3.8) is 0 Å². The molecule has 118 valence electrons. The largest absolute Gasteiger partial charge is 0.465 e. The van der Waals surface area contributed by atoms with Crippen LogP contribution in [0, 0.1) is 5.92 Å².